The zero-order valence-electron chi connectivity index (χ0n) is 11.0. The molecule has 0 aliphatic carbocycles. The van der Waals surface area contributed by atoms with Crippen molar-refractivity contribution in [1.82, 2.24) is 4.98 Å². The van der Waals surface area contributed by atoms with Crippen molar-refractivity contribution < 1.29 is 0 Å². The number of nitrogens with zero attached hydrogens (tertiary/aromatic N) is 2. The number of aromatic nitrogens is 1. The van der Waals surface area contributed by atoms with E-state index in [1.165, 1.54) is 16.0 Å². The molecular weight excluding hydrogens is 254 g/mol. The van der Waals surface area contributed by atoms with Crippen LogP contribution in [0, 0.1) is 27.3 Å². The Morgan fingerprint density at radius 3 is 2.79 bits per heavy atom. The summed E-state index contributed by atoms with van der Waals surface area (Å²) in [6.45, 7) is 13.3. The predicted octanol–water partition coefficient (Wildman–Crippen LogP) is 4.77. The molecule has 0 spiro atoms. The summed E-state index contributed by atoms with van der Waals surface area (Å²) in [4.78, 5) is 9.23. The van der Waals surface area contributed by atoms with E-state index in [0.717, 1.165) is 22.1 Å². The number of anilines is 2. The minimum absolute atomic E-state index is 0.612. The molecular formula is C15H13N3S. The molecule has 0 saturated carbocycles. The van der Waals surface area contributed by atoms with Crippen LogP contribution in [0.25, 0.3) is 4.85 Å². The second-order valence-corrected chi connectivity index (χ2v) is 5.70. The molecule has 1 N–H and O–H groups in total. The van der Waals surface area contributed by atoms with Crippen molar-refractivity contribution >= 4 is 28.8 Å². The molecule has 4 heteroatoms. The zero-order valence-corrected chi connectivity index (χ0v) is 11.9. The highest BCUT2D eigenvalue weighted by Gasteiger charge is 2.20. The summed E-state index contributed by atoms with van der Waals surface area (Å²) in [6.07, 6.45) is 0. The molecule has 0 bridgehead atoms. The fraction of sp³-hybridized carbons (Fsp3) is 0.200. The van der Waals surface area contributed by atoms with Gasteiger partial charge in [0.2, 0.25) is 5.69 Å². The Hall–Kier alpha value is -1.99. The van der Waals surface area contributed by atoms with E-state index in [9.17, 15) is 0 Å². The Morgan fingerprint density at radius 1 is 1.26 bits per heavy atom. The average Bonchev–Trinajstić information content (AvgIpc) is 2.41. The molecule has 0 saturated heterocycles. The van der Waals surface area contributed by atoms with E-state index in [2.05, 4.69) is 41.1 Å². The van der Waals surface area contributed by atoms with Crippen LogP contribution < -0.4 is 5.32 Å². The van der Waals surface area contributed by atoms with Gasteiger partial charge < -0.3 is 5.32 Å². The Balaban J connectivity index is 2.15. The van der Waals surface area contributed by atoms with Crippen molar-refractivity contribution in [2.24, 2.45) is 0 Å². The van der Waals surface area contributed by atoms with Gasteiger partial charge in [-0.1, -0.05) is 17.8 Å². The van der Waals surface area contributed by atoms with Gasteiger partial charge in [0.15, 0.2) is 0 Å². The van der Waals surface area contributed by atoms with E-state index in [-0.39, 0.29) is 0 Å². The average molecular weight is 267 g/mol. The number of rotatable bonds is 0. The van der Waals surface area contributed by atoms with Crippen LogP contribution >= 0.6 is 11.8 Å². The first-order chi connectivity index (χ1) is 9.10. The molecule has 1 aromatic heterocycles. The molecule has 0 atom stereocenters. The second kappa shape index (κ2) is 4.29. The number of benzene rings is 1. The summed E-state index contributed by atoms with van der Waals surface area (Å²) in [6, 6.07) is 6.15. The van der Waals surface area contributed by atoms with Crippen molar-refractivity contribution in [3.63, 3.8) is 0 Å². The smallest absolute Gasteiger partial charge is 0.210 e. The van der Waals surface area contributed by atoms with Crippen molar-refractivity contribution in [3.8, 4) is 0 Å². The van der Waals surface area contributed by atoms with Crippen LogP contribution in [0.15, 0.2) is 28.1 Å². The summed E-state index contributed by atoms with van der Waals surface area (Å²) >= 11 is 1.66. The largest absolute Gasteiger partial charge is 0.353 e. The predicted molar refractivity (Wildman–Crippen MR) is 78.6 cm³/mol. The minimum Gasteiger partial charge on any atom is -0.353 e. The molecule has 19 heavy (non-hydrogen) atoms. The quantitative estimate of drug-likeness (QED) is 0.595. The molecule has 1 aliphatic rings. The standard InChI is InChI=1S/C15H13N3S/c1-8-5-6-13-14(9(8)2)18-12-7-11(16-4)10(3)17-15(12)19-13/h5-7,18H,1-3H3. The summed E-state index contributed by atoms with van der Waals surface area (Å²) < 4.78 is 0. The summed E-state index contributed by atoms with van der Waals surface area (Å²) in [7, 11) is 0. The summed E-state index contributed by atoms with van der Waals surface area (Å²) in [5.74, 6) is 0. The fourth-order valence-corrected chi connectivity index (χ4v) is 3.18. The highest BCUT2D eigenvalue weighted by Crippen LogP contribution is 2.46. The SMILES string of the molecule is [C-]#[N+]c1cc2c(nc1C)Sc1ccc(C)c(C)c1N2. The second-order valence-electron chi connectivity index (χ2n) is 4.67. The summed E-state index contributed by atoms with van der Waals surface area (Å²) in [5.41, 5.74) is 5.99. The molecule has 0 fully saturated rings. The molecule has 1 aliphatic heterocycles. The number of aryl methyl sites for hydroxylation is 2. The molecule has 2 aromatic rings. The van der Waals surface area contributed by atoms with E-state index in [4.69, 9.17) is 6.57 Å². The van der Waals surface area contributed by atoms with Gasteiger partial charge >= 0.3 is 0 Å². The number of hydrogen-bond acceptors (Lipinski definition) is 3. The Labute approximate surface area is 116 Å². The van der Waals surface area contributed by atoms with Crippen molar-refractivity contribution in [2.45, 2.75) is 30.7 Å². The lowest BCUT2D eigenvalue weighted by Crippen LogP contribution is -2.04. The van der Waals surface area contributed by atoms with E-state index < -0.39 is 0 Å². The molecule has 0 radical (unpaired) electrons. The summed E-state index contributed by atoms with van der Waals surface area (Å²) in [5, 5.41) is 4.37. The van der Waals surface area contributed by atoms with E-state index in [1.807, 2.05) is 13.0 Å². The van der Waals surface area contributed by atoms with Crippen LogP contribution in [0.4, 0.5) is 17.1 Å². The van der Waals surface area contributed by atoms with Gasteiger partial charge in [0.25, 0.3) is 0 Å². The van der Waals surface area contributed by atoms with Crippen molar-refractivity contribution in [2.75, 3.05) is 5.32 Å². The van der Waals surface area contributed by atoms with E-state index in [1.54, 1.807) is 11.8 Å². The van der Waals surface area contributed by atoms with Gasteiger partial charge in [0.1, 0.15) is 5.03 Å². The first-order valence-electron chi connectivity index (χ1n) is 6.04. The van der Waals surface area contributed by atoms with Crippen molar-refractivity contribution in [1.29, 1.82) is 0 Å². The lowest BCUT2D eigenvalue weighted by molar-refractivity contribution is 1.06. The highest BCUT2D eigenvalue weighted by molar-refractivity contribution is 7.99. The molecule has 0 amide bonds. The minimum atomic E-state index is 0.612. The number of fused-ring (bicyclic) bond motifs is 2. The molecule has 2 heterocycles. The van der Waals surface area contributed by atoms with Gasteiger partial charge in [0, 0.05) is 10.6 Å². The Morgan fingerprint density at radius 2 is 2.05 bits per heavy atom. The van der Waals surface area contributed by atoms with Crippen molar-refractivity contribution in [3.05, 3.63) is 46.4 Å². The third-order valence-electron chi connectivity index (χ3n) is 3.44. The number of pyridine rings is 1. The highest BCUT2D eigenvalue weighted by atomic mass is 32.2. The van der Waals surface area contributed by atoms with E-state index >= 15 is 0 Å². The van der Waals surface area contributed by atoms with Crippen LogP contribution in [0.3, 0.4) is 0 Å². The normalized spacial score (nSPS) is 12.1. The lowest BCUT2D eigenvalue weighted by Gasteiger charge is -2.23. The Bertz CT molecular complexity index is 729. The number of nitrogens with one attached hydrogen (secondary N) is 1. The van der Waals surface area contributed by atoms with Crippen LogP contribution in [0.5, 0.6) is 0 Å². The maximum Gasteiger partial charge on any atom is 0.210 e. The van der Waals surface area contributed by atoms with Gasteiger partial charge in [-0.2, -0.15) is 0 Å². The van der Waals surface area contributed by atoms with E-state index in [0.29, 0.717) is 5.69 Å². The first kappa shape index (κ1) is 12.1. The maximum atomic E-state index is 7.17. The van der Waals surface area contributed by atoms with Crippen LogP contribution in [0.1, 0.15) is 16.8 Å². The lowest BCUT2D eigenvalue weighted by atomic mass is 10.1. The topological polar surface area (TPSA) is 29.3 Å². The van der Waals surface area contributed by atoms with Gasteiger partial charge in [-0.25, -0.2) is 4.85 Å². The zero-order chi connectivity index (χ0) is 13.6. The molecule has 3 rings (SSSR count). The monoisotopic (exact) mass is 267 g/mol. The molecule has 94 valence electrons. The third kappa shape index (κ3) is 1.87. The molecule has 3 nitrogen and oxygen atoms in total. The van der Waals surface area contributed by atoms with Crippen LogP contribution in [0.2, 0.25) is 0 Å². The van der Waals surface area contributed by atoms with Crippen LogP contribution in [-0.4, -0.2) is 4.98 Å². The third-order valence-corrected chi connectivity index (χ3v) is 4.50. The van der Waals surface area contributed by atoms with Gasteiger partial charge in [-0.15, -0.1) is 0 Å². The van der Waals surface area contributed by atoms with Gasteiger partial charge in [0.05, 0.1) is 17.9 Å². The number of hydrogen-bond donors (Lipinski definition) is 1. The molecule has 1 aromatic carbocycles. The van der Waals surface area contributed by atoms with Crippen LogP contribution in [-0.2, 0) is 0 Å². The van der Waals surface area contributed by atoms with Gasteiger partial charge in [-0.05, 0) is 44.0 Å². The maximum absolute atomic E-state index is 7.17. The Kier molecular flexibility index (Phi) is 2.72. The first-order valence-corrected chi connectivity index (χ1v) is 6.86. The molecule has 0 unspecified atom stereocenters. The fourth-order valence-electron chi connectivity index (χ4n) is 2.12. The van der Waals surface area contributed by atoms with Gasteiger partial charge in [-0.3, -0.25) is 4.98 Å².